The van der Waals surface area contributed by atoms with Gasteiger partial charge in [0.2, 0.25) is 11.8 Å². The van der Waals surface area contributed by atoms with Gasteiger partial charge in [0, 0.05) is 24.8 Å². The van der Waals surface area contributed by atoms with Crippen molar-refractivity contribution in [1.82, 2.24) is 10.2 Å². The Balaban J connectivity index is 0.00000312. The monoisotopic (exact) mass is 389 g/mol. The summed E-state index contributed by atoms with van der Waals surface area (Å²) in [5.41, 5.74) is 0.550. The summed E-state index contributed by atoms with van der Waals surface area (Å²) in [5.74, 6) is -0.274. The number of piperidine rings is 1. The molecule has 1 heterocycles. The summed E-state index contributed by atoms with van der Waals surface area (Å²) in [6, 6.07) is 5.96. The summed E-state index contributed by atoms with van der Waals surface area (Å²) < 4.78 is 12.8. The second-order valence-electron chi connectivity index (χ2n) is 5.92. The largest absolute Gasteiger partial charge is 0.340 e. The first-order valence-electron chi connectivity index (χ1n) is 8.12. The third-order valence-electron chi connectivity index (χ3n) is 4.08. The Hall–Kier alpha value is -1.31. The van der Waals surface area contributed by atoms with E-state index in [4.69, 9.17) is 0 Å². The van der Waals surface area contributed by atoms with Crippen LogP contribution in [0.4, 0.5) is 10.1 Å². The molecule has 2 N–H and O–H groups in total. The van der Waals surface area contributed by atoms with Gasteiger partial charge < -0.3 is 15.5 Å². The number of benzene rings is 1. The van der Waals surface area contributed by atoms with Crippen LogP contribution in [0.2, 0.25) is 0 Å². The average molecular weight is 390 g/mol. The van der Waals surface area contributed by atoms with Gasteiger partial charge in [-0.15, -0.1) is 24.2 Å². The van der Waals surface area contributed by atoms with E-state index >= 15 is 0 Å². The van der Waals surface area contributed by atoms with Crippen molar-refractivity contribution in [3.05, 3.63) is 30.1 Å². The zero-order valence-corrected chi connectivity index (χ0v) is 16.1. The molecule has 1 aliphatic rings. The Morgan fingerprint density at radius 1 is 1.36 bits per heavy atom. The molecule has 0 radical (unpaired) electrons. The van der Waals surface area contributed by atoms with Gasteiger partial charge in [-0.05, 0) is 51.1 Å². The van der Waals surface area contributed by atoms with Crippen molar-refractivity contribution in [2.24, 2.45) is 0 Å². The lowest BCUT2D eigenvalue weighted by Gasteiger charge is -2.34. The number of likely N-dealkylation sites (tertiary alicyclic amines) is 1. The highest BCUT2D eigenvalue weighted by atomic mass is 35.5. The van der Waals surface area contributed by atoms with E-state index in [1.54, 1.807) is 0 Å². The van der Waals surface area contributed by atoms with Gasteiger partial charge in [-0.25, -0.2) is 4.39 Å². The van der Waals surface area contributed by atoms with Gasteiger partial charge in [-0.3, -0.25) is 9.59 Å². The van der Waals surface area contributed by atoms with E-state index in [2.05, 4.69) is 10.6 Å². The molecule has 1 aromatic carbocycles. The minimum absolute atomic E-state index is 0. The molecule has 1 aliphatic heterocycles. The average Bonchev–Trinajstić information content (AvgIpc) is 2.61. The number of nitrogens with zero attached hydrogens (tertiary/aromatic N) is 1. The minimum Gasteiger partial charge on any atom is -0.340 e. The molecule has 2 unspecified atom stereocenters. The van der Waals surface area contributed by atoms with Crippen molar-refractivity contribution < 1.29 is 14.0 Å². The van der Waals surface area contributed by atoms with Crippen molar-refractivity contribution in [1.29, 1.82) is 0 Å². The molecule has 2 atom stereocenters. The lowest BCUT2D eigenvalue weighted by Crippen LogP contribution is -2.49. The van der Waals surface area contributed by atoms with Gasteiger partial charge in [0.05, 0.1) is 11.0 Å². The SMILES string of the molecule is CNC1CCCN(C(=O)C(C)SCC(=O)Nc2ccc(F)cc2)C1.Cl. The highest BCUT2D eigenvalue weighted by Crippen LogP contribution is 2.18. The molecular weight excluding hydrogens is 365 g/mol. The number of amides is 2. The summed E-state index contributed by atoms with van der Waals surface area (Å²) in [5, 5.41) is 5.65. The number of likely N-dealkylation sites (N-methyl/N-ethyl adjacent to an activating group) is 1. The molecule has 2 amide bonds. The van der Waals surface area contributed by atoms with E-state index in [-0.39, 0.29) is 41.0 Å². The van der Waals surface area contributed by atoms with Crippen LogP contribution in [0, 0.1) is 5.82 Å². The third kappa shape index (κ3) is 6.84. The Labute approximate surface area is 158 Å². The number of carbonyl (C=O) groups excluding carboxylic acids is 2. The zero-order valence-electron chi connectivity index (χ0n) is 14.5. The van der Waals surface area contributed by atoms with Crippen LogP contribution in [0.1, 0.15) is 19.8 Å². The fraction of sp³-hybridized carbons (Fsp3) is 0.529. The molecular formula is C17H25ClFN3O2S. The van der Waals surface area contributed by atoms with Crippen molar-refractivity contribution in [2.45, 2.75) is 31.1 Å². The van der Waals surface area contributed by atoms with Crippen LogP contribution in [0.3, 0.4) is 0 Å². The molecule has 0 aromatic heterocycles. The maximum atomic E-state index is 12.8. The van der Waals surface area contributed by atoms with Crippen LogP contribution in [0.15, 0.2) is 24.3 Å². The van der Waals surface area contributed by atoms with Crippen LogP contribution in [-0.4, -0.2) is 53.9 Å². The standard InChI is InChI=1S/C17H24FN3O2S.ClH/c1-12(17(23)21-9-3-4-15(10-21)19-2)24-11-16(22)20-14-7-5-13(18)6-8-14;/h5-8,12,15,19H,3-4,9-11H2,1-2H3,(H,20,22);1H. The third-order valence-corrected chi connectivity index (χ3v) is 5.21. The lowest BCUT2D eigenvalue weighted by atomic mass is 10.1. The van der Waals surface area contributed by atoms with Crippen LogP contribution in [0.25, 0.3) is 0 Å². The van der Waals surface area contributed by atoms with Gasteiger partial charge in [0.25, 0.3) is 0 Å². The Kier molecular flexibility index (Phi) is 9.24. The predicted octanol–water partition coefficient (Wildman–Crippen LogP) is 2.52. The fourth-order valence-electron chi connectivity index (χ4n) is 2.67. The van der Waals surface area contributed by atoms with Crippen molar-refractivity contribution >= 4 is 41.7 Å². The van der Waals surface area contributed by atoms with Crippen LogP contribution in [0.5, 0.6) is 0 Å². The number of carbonyl (C=O) groups is 2. The molecule has 140 valence electrons. The smallest absolute Gasteiger partial charge is 0.235 e. The van der Waals surface area contributed by atoms with Gasteiger partial charge in [0.1, 0.15) is 5.82 Å². The number of hydrogen-bond acceptors (Lipinski definition) is 4. The second kappa shape index (κ2) is 10.6. The van der Waals surface area contributed by atoms with Gasteiger partial charge in [-0.2, -0.15) is 0 Å². The second-order valence-corrected chi connectivity index (χ2v) is 7.25. The maximum Gasteiger partial charge on any atom is 0.235 e. The fourth-order valence-corrected chi connectivity index (χ4v) is 3.44. The highest BCUT2D eigenvalue weighted by molar-refractivity contribution is 8.01. The Morgan fingerprint density at radius 2 is 2.04 bits per heavy atom. The lowest BCUT2D eigenvalue weighted by molar-refractivity contribution is -0.131. The number of thioether (sulfide) groups is 1. The van der Waals surface area contributed by atoms with Crippen LogP contribution < -0.4 is 10.6 Å². The van der Waals surface area contributed by atoms with E-state index in [1.165, 1.54) is 36.0 Å². The van der Waals surface area contributed by atoms with E-state index < -0.39 is 0 Å². The molecule has 0 bridgehead atoms. The normalized spacial score (nSPS) is 18.2. The van der Waals surface area contributed by atoms with E-state index in [1.807, 2.05) is 18.9 Å². The highest BCUT2D eigenvalue weighted by Gasteiger charge is 2.26. The summed E-state index contributed by atoms with van der Waals surface area (Å²) in [6.45, 7) is 3.34. The first-order chi connectivity index (χ1) is 11.5. The maximum absolute atomic E-state index is 12.8. The van der Waals surface area contributed by atoms with E-state index in [0.717, 1.165) is 25.9 Å². The molecule has 25 heavy (non-hydrogen) atoms. The molecule has 0 aliphatic carbocycles. The topological polar surface area (TPSA) is 61.4 Å². The number of rotatable bonds is 6. The summed E-state index contributed by atoms with van der Waals surface area (Å²) in [6.07, 6.45) is 2.08. The number of anilines is 1. The van der Waals surface area contributed by atoms with Crippen molar-refractivity contribution in [2.75, 3.05) is 31.2 Å². The number of halogens is 2. The van der Waals surface area contributed by atoms with Crippen LogP contribution >= 0.6 is 24.2 Å². The first-order valence-corrected chi connectivity index (χ1v) is 9.17. The van der Waals surface area contributed by atoms with Gasteiger partial charge >= 0.3 is 0 Å². The van der Waals surface area contributed by atoms with Gasteiger partial charge in [-0.1, -0.05) is 0 Å². The van der Waals surface area contributed by atoms with Crippen molar-refractivity contribution in [3.63, 3.8) is 0 Å². The Morgan fingerprint density at radius 3 is 2.68 bits per heavy atom. The molecule has 1 fully saturated rings. The summed E-state index contributed by atoms with van der Waals surface area (Å²) >= 11 is 1.32. The molecule has 1 aromatic rings. The molecule has 5 nitrogen and oxygen atoms in total. The Bertz CT molecular complexity index is 574. The molecule has 0 spiro atoms. The zero-order chi connectivity index (χ0) is 17.5. The molecule has 8 heteroatoms. The summed E-state index contributed by atoms with van der Waals surface area (Å²) in [4.78, 5) is 26.3. The van der Waals surface area contributed by atoms with Crippen LogP contribution in [-0.2, 0) is 9.59 Å². The molecule has 0 saturated carbocycles. The number of nitrogens with one attached hydrogen (secondary N) is 2. The predicted molar refractivity (Wildman–Crippen MR) is 103 cm³/mol. The van der Waals surface area contributed by atoms with E-state index in [9.17, 15) is 14.0 Å². The molecule has 1 saturated heterocycles. The minimum atomic E-state index is -0.344. The quantitative estimate of drug-likeness (QED) is 0.784. The molecule has 2 rings (SSSR count). The summed E-state index contributed by atoms with van der Waals surface area (Å²) in [7, 11) is 1.91. The van der Waals surface area contributed by atoms with E-state index in [0.29, 0.717) is 11.7 Å². The first kappa shape index (κ1) is 21.7. The van der Waals surface area contributed by atoms with Crippen molar-refractivity contribution in [3.8, 4) is 0 Å². The number of hydrogen-bond donors (Lipinski definition) is 2. The van der Waals surface area contributed by atoms with Gasteiger partial charge in [0.15, 0.2) is 0 Å².